The number of aromatic nitrogens is 2. The van der Waals surface area contributed by atoms with Gasteiger partial charge in [-0.3, -0.25) is 0 Å². The van der Waals surface area contributed by atoms with Gasteiger partial charge in [0, 0.05) is 18.1 Å². The third kappa shape index (κ3) is 2.78. The molecule has 0 aromatic carbocycles. The van der Waals surface area contributed by atoms with Crippen molar-refractivity contribution in [1.29, 1.82) is 0 Å². The van der Waals surface area contributed by atoms with Crippen LogP contribution in [0.3, 0.4) is 0 Å². The molecule has 1 atom stereocenters. The Hall–Kier alpha value is -0.650. The maximum absolute atomic E-state index is 5.82. The van der Waals surface area contributed by atoms with Gasteiger partial charge in [0.25, 0.3) is 0 Å². The van der Waals surface area contributed by atoms with Crippen molar-refractivity contribution in [3.63, 3.8) is 0 Å². The summed E-state index contributed by atoms with van der Waals surface area (Å²) in [6.07, 6.45) is 1.67. The molecule has 3 nitrogen and oxygen atoms in total. The molecule has 0 aliphatic heterocycles. The molecule has 2 aromatic heterocycles. The normalized spacial score (nSPS) is 12.5. The minimum absolute atomic E-state index is 0.247. The summed E-state index contributed by atoms with van der Waals surface area (Å²) in [5, 5.41) is 2.33. The highest BCUT2D eigenvalue weighted by Gasteiger charge is 2.17. The van der Waals surface area contributed by atoms with E-state index in [1.807, 2.05) is 13.1 Å². The zero-order chi connectivity index (χ0) is 12.4. The highest BCUT2D eigenvalue weighted by atomic mass is 79.9. The lowest BCUT2D eigenvalue weighted by Gasteiger charge is -2.25. The molecule has 0 saturated carbocycles. The van der Waals surface area contributed by atoms with Gasteiger partial charge in [-0.15, -0.1) is 11.3 Å². The van der Waals surface area contributed by atoms with Gasteiger partial charge in [0.15, 0.2) is 0 Å². The maximum atomic E-state index is 5.82. The molecular weight excluding hydrogens is 322 g/mol. The zero-order valence-corrected chi connectivity index (χ0v) is 12.6. The largest absolute Gasteiger partial charge is 0.351 e. The number of thiophene rings is 1. The van der Waals surface area contributed by atoms with Crippen LogP contribution in [0.5, 0.6) is 0 Å². The number of halogens is 2. The monoisotopic (exact) mass is 331 g/mol. The van der Waals surface area contributed by atoms with E-state index in [9.17, 15) is 0 Å². The van der Waals surface area contributed by atoms with Crippen molar-refractivity contribution in [2.75, 3.05) is 11.9 Å². The molecule has 2 rings (SSSR count). The van der Waals surface area contributed by atoms with Crippen LogP contribution in [0, 0.1) is 0 Å². The summed E-state index contributed by atoms with van der Waals surface area (Å²) in [6.45, 7) is 2.13. The van der Waals surface area contributed by atoms with Gasteiger partial charge >= 0.3 is 0 Å². The van der Waals surface area contributed by atoms with Gasteiger partial charge in [-0.1, -0.05) is 6.07 Å². The Labute approximate surface area is 118 Å². The molecule has 0 N–H and O–H groups in total. The second kappa shape index (κ2) is 5.33. The number of rotatable bonds is 3. The molecule has 90 valence electrons. The third-order valence-corrected chi connectivity index (χ3v) is 4.35. The van der Waals surface area contributed by atoms with E-state index >= 15 is 0 Å². The average Bonchev–Trinajstić information content (AvgIpc) is 2.84. The highest BCUT2D eigenvalue weighted by Crippen LogP contribution is 2.31. The van der Waals surface area contributed by atoms with E-state index in [0.717, 1.165) is 10.3 Å². The molecule has 0 amide bonds. The second-order valence-corrected chi connectivity index (χ2v) is 5.78. The summed E-state index contributed by atoms with van der Waals surface area (Å²) in [6, 6.07) is 4.41. The summed E-state index contributed by atoms with van der Waals surface area (Å²) in [5.74, 6) is 0.797. The van der Waals surface area contributed by atoms with Crippen LogP contribution < -0.4 is 4.90 Å². The minimum Gasteiger partial charge on any atom is -0.351 e. The maximum Gasteiger partial charge on any atom is 0.224 e. The van der Waals surface area contributed by atoms with Crippen molar-refractivity contribution in [2.24, 2.45) is 0 Å². The fourth-order valence-electron chi connectivity index (χ4n) is 1.49. The summed E-state index contributed by atoms with van der Waals surface area (Å²) < 4.78 is 0.841. The molecule has 0 fully saturated rings. The molecule has 2 aromatic rings. The topological polar surface area (TPSA) is 29.0 Å². The summed E-state index contributed by atoms with van der Waals surface area (Å²) in [5.41, 5.74) is 0. The fourth-order valence-corrected chi connectivity index (χ4v) is 2.91. The molecule has 0 aliphatic carbocycles. The van der Waals surface area contributed by atoms with E-state index in [1.165, 1.54) is 4.88 Å². The van der Waals surface area contributed by atoms with Crippen LogP contribution in [-0.4, -0.2) is 17.0 Å². The molecule has 0 spiro atoms. The molecular formula is C11H11BrClN3S. The second-order valence-electron chi connectivity index (χ2n) is 3.61. The number of anilines is 1. The van der Waals surface area contributed by atoms with E-state index in [-0.39, 0.29) is 11.3 Å². The van der Waals surface area contributed by atoms with E-state index in [4.69, 9.17) is 11.6 Å². The molecule has 6 heteroatoms. The zero-order valence-electron chi connectivity index (χ0n) is 9.39. The van der Waals surface area contributed by atoms with Gasteiger partial charge in [0.2, 0.25) is 5.28 Å². The Kier molecular flexibility index (Phi) is 4.01. The van der Waals surface area contributed by atoms with Crippen LogP contribution in [0.4, 0.5) is 5.82 Å². The van der Waals surface area contributed by atoms with E-state index in [1.54, 1.807) is 17.5 Å². The van der Waals surface area contributed by atoms with Crippen LogP contribution in [0.1, 0.15) is 17.8 Å². The summed E-state index contributed by atoms with van der Waals surface area (Å²) in [4.78, 5) is 11.5. The molecule has 2 heterocycles. The molecule has 0 aliphatic rings. The molecule has 0 radical (unpaired) electrons. The van der Waals surface area contributed by atoms with Crippen molar-refractivity contribution < 1.29 is 0 Å². The lowest BCUT2D eigenvalue weighted by molar-refractivity contribution is 0.738. The first-order valence-electron chi connectivity index (χ1n) is 5.04. The van der Waals surface area contributed by atoms with Crippen LogP contribution in [0.2, 0.25) is 5.28 Å². The van der Waals surface area contributed by atoms with Gasteiger partial charge in [-0.25, -0.2) is 4.98 Å². The predicted molar refractivity (Wildman–Crippen MR) is 75.9 cm³/mol. The Balaban J connectivity index is 2.30. The predicted octanol–water partition coefficient (Wildman–Crippen LogP) is 4.15. The first-order chi connectivity index (χ1) is 8.09. The van der Waals surface area contributed by atoms with Gasteiger partial charge in [-0.05, 0) is 45.9 Å². The average molecular weight is 333 g/mol. The quantitative estimate of drug-likeness (QED) is 0.791. The van der Waals surface area contributed by atoms with E-state index < -0.39 is 0 Å². The van der Waals surface area contributed by atoms with Crippen molar-refractivity contribution in [1.82, 2.24) is 9.97 Å². The fraction of sp³-hybridized carbons (Fsp3) is 0.273. The lowest BCUT2D eigenvalue weighted by Crippen LogP contribution is -2.22. The SMILES string of the molecule is CC(c1cccs1)N(C)c1nc(Cl)ncc1Br. The molecule has 17 heavy (non-hydrogen) atoms. The first-order valence-corrected chi connectivity index (χ1v) is 7.09. The Morgan fingerprint density at radius 2 is 2.29 bits per heavy atom. The van der Waals surface area contributed by atoms with Gasteiger partial charge in [-0.2, -0.15) is 4.98 Å². The van der Waals surface area contributed by atoms with Crippen LogP contribution >= 0.6 is 38.9 Å². The van der Waals surface area contributed by atoms with Crippen molar-refractivity contribution in [2.45, 2.75) is 13.0 Å². The van der Waals surface area contributed by atoms with Gasteiger partial charge in [0.1, 0.15) is 5.82 Å². The number of hydrogen-bond donors (Lipinski definition) is 0. The Bertz CT molecular complexity index is 503. The van der Waals surface area contributed by atoms with Crippen molar-refractivity contribution in [3.8, 4) is 0 Å². The van der Waals surface area contributed by atoms with Crippen molar-refractivity contribution >= 4 is 44.7 Å². The van der Waals surface area contributed by atoms with Gasteiger partial charge < -0.3 is 4.90 Å². The minimum atomic E-state index is 0.247. The highest BCUT2D eigenvalue weighted by molar-refractivity contribution is 9.10. The van der Waals surface area contributed by atoms with E-state index in [2.05, 4.69) is 49.2 Å². The Morgan fingerprint density at radius 3 is 2.94 bits per heavy atom. The molecule has 1 unspecified atom stereocenters. The number of nitrogens with zero attached hydrogens (tertiary/aromatic N) is 3. The third-order valence-electron chi connectivity index (χ3n) is 2.57. The lowest BCUT2D eigenvalue weighted by atomic mass is 10.2. The molecule has 0 saturated heterocycles. The summed E-state index contributed by atoms with van der Waals surface area (Å²) in [7, 11) is 1.99. The number of hydrogen-bond acceptors (Lipinski definition) is 4. The standard InChI is InChI=1S/C11H11BrClN3S/c1-7(9-4-3-5-17-9)16(2)10-8(12)6-14-11(13)15-10/h3-7H,1-2H3. The summed E-state index contributed by atoms with van der Waals surface area (Å²) >= 11 is 11.0. The van der Waals surface area contributed by atoms with Crippen LogP contribution in [0.25, 0.3) is 0 Å². The first kappa shape index (κ1) is 12.8. The van der Waals surface area contributed by atoms with Crippen molar-refractivity contribution in [3.05, 3.63) is 38.3 Å². The smallest absolute Gasteiger partial charge is 0.224 e. The Morgan fingerprint density at radius 1 is 1.53 bits per heavy atom. The van der Waals surface area contributed by atoms with Gasteiger partial charge in [0.05, 0.1) is 10.5 Å². The van der Waals surface area contributed by atoms with E-state index in [0.29, 0.717) is 0 Å². The van der Waals surface area contributed by atoms with Crippen LogP contribution in [-0.2, 0) is 0 Å². The molecule has 0 bridgehead atoms. The van der Waals surface area contributed by atoms with Crippen LogP contribution in [0.15, 0.2) is 28.2 Å².